The molecule has 1 atom stereocenters. The van der Waals surface area contributed by atoms with Crippen molar-refractivity contribution in [1.82, 2.24) is 0 Å². The minimum absolute atomic E-state index is 0.0626. The molecule has 0 aliphatic heterocycles. The third-order valence-corrected chi connectivity index (χ3v) is 4.83. The first-order valence-corrected chi connectivity index (χ1v) is 7.40. The van der Waals surface area contributed by atoms with Crippen LogP contribution in [0.1, 0.15) is 16.5 Å². The first kappa shape index (κ1) is 11.9. The second-order valence-electron chi connectivity index (χ2n) is 4.21. The lowest BCUT2D eigenvalue weighted by Gasteiger charge is -2.13. The Morgan fingerprint density at radius 3 is 2.61 bits per heavy atom. The quantitative estimate of drug-likeness (QED) is 0.727. The van der Waals surface area contributed by atoms with Crippen molar-refractivity contribution < 1.29 is 0 Å². The number of nitrogens with two attached hydrogens (primary N) is 1. The van der Waals surface area contributed by atoms with Gasteiger partial charge in [-0.1, -0.05) is 42.5 Å². The largest absolute Gasteiger partial charge is 0.320 e. The van der Waals surface area contributed by atoms with E-state index in [1.807, 2.05) is 0 Å². The highest BCUT2D eigenvalue weighted by Crippen LogP contribution is 2.31. The molecular weight excluding hydrogens is 306 g/mol. The Kier molecular flexibility index (Phi) is 3.20. The molecule has 1 aromatic heterocycles. The van der Waals surface area contributed by atoms with Crippen molar-refractivity contribution in [1.29, 1.82) is 0 Å². The van der Waals surface area contributed by atoms with Gasteiger partial charge in [0.15, 0.2) is 0 Å². The Labute approximate surface area is 118 Å². The van der Waals surface area contributed by atoms with Gasteiger partial charge in [-0.3, -0.25) is 0 Å². The Morgan fingerprint density at radius 1 is 1.06 bits per heavy atom. The van der Waals surface area contributed by atoms with Gasteiger partial charge in [-0.2, -0.15) is 0 Å². The van der Waals surface area contributed by atoms with E-state index in [1.165, 1.54) is 21.2 Å². The zero-order valence-corrected chi connectivity index (χ0v) is 12.0. The van der Waals surface area contributed by atoms with Gasteiger partial charge in [-0.25, -0.2) is 0 Å². The summed E-state index contributed by atoms with van der Waals surface area (Å²) in [7, 11) is 0. The van der Waals surface area contributed by atoms with Gasteiger partial charge in [-0.05, 0) is 38.3 Å². The highest BCUT2D eigenvalue weighted by atomic mass is 79.9. The fourth-order valence-electron chi connectivity index (χ4n) is 2.17. The lowest BCUT2D eigenvalue weighted by atomic mass is 9.98. The third-order valence-electron chi connectivity index (χ3n) is 3.05. The molecule has 90 valence electrons. The topological polar surface area (TPSA) is 26.0 Å². The van der Waals surface area contributed by atoms with Crippen LogP contribution in [0.5, 0.6) is 0 Å². The Morgan fingerprint density at radius 2 is 1.83 bits per heavy atom. The van der Waals surface area contributed by atoms with E-state index in [-0.39, 0.29) is 6.04 Å². The zero-order chi connectivity index (χ0) is 12.5. The Bertz CT molecular complexity index is 684. The number of hydrogen-bond acceptors (Lipinski definition) is 2. The van der Waals surface area contributed by atoms with E-state index in [0.29, 0.717) is 0 Å². The summed E-state index contributed by atoms with van der Waals surface area (Å²) in [5.41, 5.74) is 7.57. The molecule has 0 radical (unpaired) electrons. The highest BCUT2D eigenvalue weighted by Gasteiger charge is 2.13. The SMILES string of the molecule is NC(c1cc(Br)cs1)c1cccc2ccccc12. The Hall–Kier alpha value is -1.16. The standard InChI is InChI=1S/C15H12BrNS/c16-11-8-14(18-9-11)15(17)13-7-3-5-10-4-1-2-6-12(10)13/h1-9,15H,17H2. The summed E-state index contributed by atoms with van der Waals surface area (Å²) in [5.74, 6) is 0. The molecule has 1 unspecified atom stereocenters. The average Bonchev–Trinajstić information content (AvgIpc) is 2.84. The number of halogens is 1. The summed E-state index contributed by atoms with van der Waals surface area (Å²) in [6, 6.07) is 16.7. The summed E-state index contributed by atoms with van der Waals surface area (Å²) in [5, 5.41) is 4.54. The lowest BCUT2D eigenvalue weighted by Crippen LogP contribution is -2.10. The molecule has 1 nitrogen and oxygen atoms in total. The molecule has 0 spiro atoms. The first-order chi connectivity index (χ1) is 8.75. The van der Waals surface area contributed by atoms with E-state index in [9.17, 15) is 0 Å². The van der Waals surface area contributed by atoms with Gasteiger partial charge in [0.2, 0.25) is 0 Å². The van der Waals surface area contributed by atoms with Crippen molar-refractivity contribution in [2.45, 2.75) is 6.04 Å². The molecule has 0 saturated heterocycles. The normalized spacial score (nSPS) is 12.8. The van der Waals surface area contributed by atoms with E-state index < -0.39 is 0 Å². The lowest BCUT2D eigenvalue weighted by molar-refractivity contribution is 0.903. The van der Waals surface area contributed by atoms with Gasteiger partial charge in [0.25, 0.3) is 0 Å². The molecular formula is C15H12BrNS. The summed E-state index contributed by atoms with van der Waals surface area (Å²) < 4.78 is 1.10. The van der Waals surface area contributed by atoms with Crippen molar-refractivity contribution in [2.75, 3.05) is 0 Å². The molecule has 0 bridgehead atoms. The highest BCUT2D eigenvalue weighted by molar-refractivity contribution is 9.10. The molecule has 0 fully saturated rings. The van der Waals surface area contributed by atoms with Crippen LogP contribution in [0.25, 0.3) is 10.8 Å². The third kappa shape index (κ3) is 2.09. The van der Waals surface area contributed by atoms with Crippen LogP contribution in [-0.2, 0) is 0 Å². The molecule has 3 aromatic rings. The number of fused-ring (bicyclic) bond motifs is 1. The van der Waals surface area contributed by atoms with Crippen molar-refractivity contribution in [3.8, 4) is 0 Å². The number of hydrogen-bond donors (Lipinski definition) is 1. The van der Waals surface area contributed by atoms with Crippen molar-refractivity contribution in [2.24, 2.45) is 5.73 Å². The summed E-state index contributed by atoms with van der Waals surface area (Å²) in [4.78, 5) is 1.18. The molecule has 0 aliphatic carbocycles. The molecule has 2 N–H and O–H groups in total. The molecule has 0 amide bonds. The monoisotopic (exact) mass is 317 g/mol. The molecule has 2 aromatic carbocycles. The van der Waals surface area contributed by atoms with Gasteiger partial charge in [0.1, 0.15) is 0 Å². The van der Waals surface area contributed by atoms with E-state index in [2.05, 4.69) is 69.8 Å². The van der Waals surface area contributed by atoms with Crippen LogP contribution in [0.4, 0.5) is 0 Å². The van der Waals surface area contributed by atoms with Gasteiger partial charge in [-0.15, -0.1) is 11.3 Å². The predicted octanol–water partition coefficient (Wildman–Crippen LogP) is 4.71. The number of rotatable bonds is 2. The average molecular weight is 318 g/mol. The van der Waals surface area contributed by atoms with Gasteiger partial charge >= 0.3 is 0 Å². The minimum Gasteiger partial charge on any atom is -0.320 e. The summed E-state index contributed by atoms with van der Waals surface area (Å²) >= 11 is 5.17. The predicted molar refractivity (Wildman–Crippen MR) is 82.0 cm³/mol. The van der Waals surface area contributed by atoms with Gasteiger partial charge in [0, 0.05) is 14.7 Å². The molecule has 3 heteroatoms. The maximum atomic E-state index is 6.39. The molecule has 3 rings (SSSR count). The van der Waals surface area contributed by atoms with Crippen LogP contribution >= 0.6 is 27.3 Å². The van der Waals surface area contributed by atoms with E-state index >= 15 is 0 Å². The molecule has 18 heavy (non-hydrogen) atoms. The maximum absolute atomic E-state index is 6.39. The van der Waals surface area contributed by atoms with Crippen molar-refractivity contribution in [3.05, 3.63) is 68.8 Å². The van der Waals surface area contributed by atoms with Crippen LogP contribution in [0.2, 0.25) is 0 Å². The van der Waals surface area contributed by atoms with Crippen LogP contribution in [0, 0.1) is 0 Å². The fourth-order valence-corrected chi connectivity index (χ4v) is 3.63. The van der Waals surface area contributed by atoms with E-state index in [0.717, 1.165) is 4.47 Å². The van der Waals surface area contributed by atoms with E-state index in [4.69, 9.17) is 5.73 Å². The maximum Gasteiger partial charge on any atom is 0.0652 e. The second kappa shape index (κ2) is 4.84. The second-order valence-corrected chi connectivity index (χ2v) is 6.07. The number of thiophene rings is 1. The van der Waals surface area contributed by atoms with Crippen LogP contribution in [0.3, 0.4) is 0 Å². The minimum atomic E-state index is -0.0626. The molecule has 1 heterocycles. The smallest absolute Gasteiger partial charge is 0.0652 e. The molecule has 0 aliphatic rings. The fraction of sp³-hybridized carbons (Fsp3) is 0.0667. The van der Waals surface area contributed by atoms with Gasteiger partial charge < -0.3 is 5.73 Å². The van der Waals surface area contributed by atoms with E-state index in [1.54, 1.807) is 11.3 Å². The van der Waals surface area contributed by atoms with Gasteiger partial charge in [0.05, 0.1) is 6.04 Å². The number of benzene rings is 2. The van der Waals surface area contributed by atoms with Crippen molar-refractivity contribution in [3.63, 3.8) is 0 Å². The summed E-state index contributed by atoms with van der Waals surface area (Å²) in [6.45, 7) is 0. The first-order valence-electron chi connectivity index (χ1n) is 5.73. The van der Waals surface area contributed by atoms with Crippen LogP contribution in [-0.4, -0.2) is 0 Å². The Balaban J connectivity index is 2.14. The van der Waals surface area contributed by atoms with Crippen LogP contribution < -0.4 is 5.73 Å². The molecule has 0 saturated carbocycles. The van der Waals surface area contributed by atoms with Crippen LogP contribution in [0.15, 0.2) is 58.4 Å². The summed E-state index contributed by atoms with van der Waals surface area (Å²) in [6.07, 6.45) is 0. The van der Waals surface area contributed by atoms with Crippen molar-refractivity contribution >= 4 is 38.0 Å². The zero-order valence-electron chi connectivity index (χ0n) is 9.64.